The fourth-order valence-electron chi connectivity index (χ4n) is 4.24. The highest BCUT2D eigenvalue weighted by atomic mass is 19.2. The fraction of sp³-hybridized carbons (Fsp3) is 0.182. The zero-order valence-electron chi connectivity index (χ0n) is 22.3. The Hall–Kier alpha value is -4.43. The van der Waals surface area contributed by atoms with Crippen molar-refractivity contribution in [1.82, 2.24) is 0 Å². The summed E-state index contributed by atoms with van der Waals surface area (Å²) in [6.07, 6.45) is 2.80. The van der Waals surface area contributed by atoms with E-state index >= 15 is 0 Å². The molecule has 0 spiro atoms. The Morgan fingerprint density at radius 2 is 1.41 bits per heavy atom. The lowest BCUT2D eigenvalue weighted by Crippen LogP contribution is -2.12. The monoisotopic (exact) mass is 564 g/mol. The summed E-state index contributed by atoms with van der Waals surface area (Å²) < 4.78 is 69.3. The first kappa shape index (κ1) is 29.6. The second-order valence-corrected chi connectivity index (χ2v) is 9.29. The SMILES string of the molecule is C=CCCOc1ccc(-c2ccc(OC(=O)c3ccc(-c4ccc(C(O)CCC)cc4)c(F)c3F)cc2)c(F)c1F. The minimum absolute atomic E-state index is 0.00545. The summed E-state index contributed by atoms with van der Waals surface area (Å²) >= 11 is 0. The normalized spacial score (nSPS) is 11.7. The highest BCUT2D eigenvalue weighted by molar-refractivity contribution is 5.92. The van der Waals surface area contributed by atoms with Crippen LogP contribution in [0.5, 0.6) is 11.5 Å². The number of rotatable bonds is 11. The quantitative estimate of drug-likeness (QED) is 0.0652. The van der Waals surface area contributed by atoms with Crippen molar-refractivity contribution >= 4 is 5.97 Å². The van der Waals surface area contributed by atoms with Gasteiger partial charge in [-0.1, -0.05) is 61.9 Å². The Labute approximate surface area is 235 Å². The van der Waals surface area contributed by atoms with E-state index < -0.39 is 40.9 Å². The molecule has 0 heterocycles. The maximum absolute atomic E-state index is 14.9. The molecule has 1 N–H and O–H groups in total. The van der Waals surface area contributed by atoms with Gasteiger partial charge in [0.1, 0.15) is 5.75 Å². The predicted octanol–water partition coefficient (Wildman–Crippen LogP) is 8.58. The number of hydrogen-bond donors (Lipinski definition) is 1. The van der Waals surface area contributed by atoms with Crippen molar-refractivity contribution in [3.8, 4) is 33.8 Å². The van der Waals surface area contributed by atoms with Crippen molar-refractivity contribution in [2.75, 3.05) is 6.61 Å². The van der Waals surface area contributed by atoms with Crippen LogP contribution in [0.4, 0.5) is 17.6 Å². The third-order valence-electron chi connectivity index (χ3n) is 6.47. The topological polar surface area (TPSA) is 55.8 Å². The van der Waals surface area contributed by atoms with Gasteiger partial charge in [0.05, 0.1) is 18.3 Å². The van der Waals surface area contributed by atoms with E-state index in [-0.39, 0.29) is 29.2 Å². The molecule has 0 aliphatic heterocycles. The summed E-state index contributed by atoms with van der Waals surface area (Å²) in [5, 5.41) is 10.1. The van der Waals surface area contributed by atoms with Crippen LogP contribution in [0.1, 0.15) is 48.2 Å². The molecule has 0 aliphatic rings. The largest absolute Gasteiger partial charge is 0.490 e. The van der Waals surface area contributed by atoms with E-state index in [0.29, 0.717) is 29.5 Å². The van der Waals surface area contributed by atoms with Crippen molar-refractivity contribution in [2.24, 2.45) is 0 Å². The van der Waals surface area contributed by atoms with Crippen LogP contribution >= 0.6 is 0 Å². The molecule has 41 heavy (non-hydrogen) atoms. The third kappa shape index (κ3) is 6.66. The van der Waals surface area contributed by atoms with Crippen LogP contribution in [0.2, 0.25) is 0 Å². The van der Waals surface area contributed by atoms with Crippen LogP contribution in [0.25, 0.3) is 22.3 Å². The van der Waals surface area contributed by atoms with Gasteiger partial charge in [0.25, 0.3) is 0 Å². The highest BCUT2D eigenvalue weighted by Gasteiger charge is 2.22. The summed E-state index contributed by atoms with van der Waals surface area (Å²) in [6, 6.07) is 17.0. The van der Waals surface area contributed by atoms with E-state index in [4.69, 9.17) is 9.47 Å². The lowest BCUT2D eigenvalue weighted by Gasteiger charge is -2.12. The molecule has 4 aromatic rings. The van der Waals surface area contributed by atoms with E-state index in [9.17, 15) is 27.5 Å². The van der Waals surface area contributed by atoms with Crippen LogP contribution in [0.3, 0.4) is 0 Å². The number of ether oxygens (including phenoxy) is 2. The van der Waals surface area contributed by atoms with E-state index in [0.717, 1.165) is 12.5 Å². The molecule has 0 saturated heterocycles. The number of hydrogen-bond acceptors (Lipinski definition) is 4. The van der Waals surface area contributed by atoms with Crippen LogP contribution < -0.4 is 9.47 Å². The van der Waals surface area contributed by atoms with Crippen LogP contribution in [-0.4, -0.2) is 17.7 Å². The van der Waals surface area contributed by atoms with Gasteiger partial charge in [-0.2, -0.15) is 4.39 Å². The number of aliphatic hydroxyl groups is 1. The summed E-state index contributed by atoms with van der Waals surface area (Å²) in [7, 11) is 0. The molecule has 0 saturated carbocycles. The zero-order valence-corrected chi connectivity index (χ0v) is 22.3. The Kier molecular flexibility index (Phi) is 9.57. The van der Waals surface area contributed by atoms with E-state index in [2.05, 4.69) is 6.58 Å². The second kappa shape index (κ2) is 13.3. The number of carbonyl (C=O) groups excluding carboxylic acids is 1. The van der Waals surface area contributed by atoms with Crippen LogP contribution in [0.15, 0.2) is 85.5 Å². The molecule has 8 heteroatoms. The average molecular weight is 565 g/mol. The molecule has 0 aliphatic carbocycles. The third-order valence-corrected chi connectivity index (χ3v) is 6.47. The van der Waals surface area contributed by atoms with Crippen molar-refractivity contribution < 1.29 is 36.9 Å². The molecule has 4 nitrogen and oxygen atoms in total. The standard InChI is InChI=1S/C33H28F4O4/c1-3-5-19-40-28-18-17-25(30(35)32(28)37)21-11-13-23(14-12-21)41-33(39)26-16-15-24(29(34)31(26)36)20-7-9-22(10-8-20)27(38)6-4-2/h3,7-18,27,38H,1,4-6,19H2,2H3. The summed E-state index contributed by atoms with van der Waals surface area (Å²) in [6.45, 7) is 5.65. The number of benzene rings is 4. The fourth-order valence-corrected chi connectivity index (χ4v) is 4.24. The Bertz CT molecular complexity index is 1530. The van der Waals surface area contributed by atoms with Gasteiger partial charge in [-0.05, 0) is 59.9 Å². The lowest BCUT2D eigenvalue weighted by molar-refractivity contribution is 0.0728. The molecule has 1 atom stereocenters. The second-order valence-electron chi connectivity index (χ2n) is 9.29. The van der Waals surface area contributed by atoms with Gasteiger partial charge in [-0.3, -0.25) is 0 Å². The van der Waals surface area contributed by atoms with Crippen molar-refractivity contribution in [2.45, 2.75) is 32.3 Å². The van der Waals surface area contributed by atoms with Gasteiger partial charge >= 0.3 is 5.97 Å². The predicted molar refractivity (Wildman–Crippen MR) is 149 cm³/mol. The highest BCUT2D eigenvalue weighted by Crippen LogP contribution is 2.32. The van der Waals surface area contributed by atoms with E-state index in [1.54, 1.807) is 30.3 Å². The van der Waals surface area contributed by atoms with Gasteiger partial charge in [-0.25, -0.2) is 18.0 Å². The molecule has 0 fully saturated rings. The van der Waals surface area contributed by atoms with Gasteiger partial charge in [0.2, 0.25) is 5.82 Å². The minimum Gasteiger partial charge on any atom is -0.490 e. The first-order chi connectivity index (χ1) is 19.7. The van der Waals surface area contributed by atoms with E-state index in [1.165, 1.54) is 42.5 Å². The van der Waals surface area contributed by atoms with Crippen molar-refractivity contribution in [3.05, 3.63) is 120 Å². The summed E-state index contributed by atoms with van der Waals surface area (Å²) in [4.78, 5) is 12.6. The summed E-state index contributed by atoms with van der Waals surface area (Å²) in [5.41, 5.74) is 0.656. The first-order valence-electron chi connectivity index (χ1n) is 13.1. The molecule has 0 amide bonds. The molecular weight excluding hydrogens is 536 g/mol. The molecule has 212 valence electrons. The zero-order chi connectivity index (χ0) is 29.5. The molecular formula is C33H28F4O4. The molecule has 1 unspecified atom stereocenters. The van der Waals surface area contributed by atoms with E-state index in [1.807, 2.05) is 6.92 Å². The van der Waals surface area contributed by atoms with Crippen molar-refractivity contribution in [3.63, 3.8) is 0 Å². The average Bonchev–Trinajstić information content (AvgIpc) is 2.97. The van der Waals surface area contributed by atoms with Crippen molar-refractivity contribution in [1.29, 1.82) is 0 Å². The Morgan fingerprint density at radius 1 is 0.829 bits per heavy atom. The number of aliphatic hydroxyl groups excluding tert-OH is 1. The smallest absolute Gasteiger partial charge is 0.346 e. The Balaban J connectivity index is 1.48. The maximum Gasteiger partial charge on any atom is 0.346 e. The first-order valence-corrected chi connectivity index (χ1v) is 13.1. The number of carbonyl (C=O) groups is 1. The van der Waals surface area contributed by atoms with Gasteiger partial charge in [-0.15, -0.1) is 6.58 Å². The molecule has 4 aromatic carbocycles. The Morgan fingerprint density at radius 3 is 2.02 bits per heavy atom. The van der Waals surface area contributed by atoms with Crippen LogP contribution in [0, 0.1) is 23.3 Å². The molecule has 0 aromatic heterocycles. The van der Waals surface area contributed by atoms with Gasteiger partial charge in [0.15, 0.2) is 23.2 Å². The number of halogens is 4. The lowest BCUT2D eigenvalue weighted by atomic mass is 9.98. The van der Waals surface area contributed by atoms with Gasteiger partial charge in [0, 0.05) is 11.1 Å². The summed E-state index contributed by atoms with van der Waals surface area (Å²) in [5.74, 6) is -6.17. The minimum atomic E-state index is -1.37. The molecule has 0 bridgehead atoms. The molecule has 0 radical (unpaired) electrons. The van der Waals surface area contributed by atoms with Crippen LogP contribution in [-0.2, 0) is 0 Å². The molecule has 4 rings (SSSR count). The number of esters is 1. The maximum atomic E-state index is 14.9. The van der Waals surface area contributed by atoms with Gasteiger partial charge < -0.3 is 14.6 Å².